The summed E-state index contributed by atoms with van der Waals surface area (Å²) in [6.07, 6.45) is 0. The number of amidine groups is 1. The van der Waals surface area contributed by atoms with Gasteiger partial charge in [0.15, 0.2) is 15.0 Å². The highest BCUT2D eigenvalue weighted by Gasteiger charge is 2.46. The maximum atomic E-state index is 12.8. The number of amides is 2. The van der Waals surface area contributed by atoms with Gasteiger partial charge < -0.3 is 5.32 Å². The van der Waals surface area contributed by atoms with E-state index in [0.717, 1.165) is 16.8 Å². The molecule has 2 amide bonds. The monoisotopic (exact) mass is 423 g/mol. The second kappa shape index (κ2) is 7.14. The highest BCUT2D eigenvalue weighted by Crippen LogP contribution is 2.39. The van der Waals surface area contributed by atoms with Crippen molar-refractivity contribution >= 4 is 61.8 Å². The third-order valence-corrected chi connectivity index (χ3v) is 7.21. The van der Waals surface area contributed by atoms with Crippen LogP contribution in [0.3, 0.4) is 0 Å². The van der Waals surface area contributed by atoms with Crippen LogP contribution in [0.1, 0.15) is 20.8 Å². The van der Waals surface area contributed by atoms with E-state index in [1.54, 1.807) is 6.92 Å². The van der Waals surface area contributed by atoms with E-state index in [1.807, 2.05) is 0 Å². The minimum Gasteiger partial charge on any atom is -0.304 e. The third-order valence-electron chi connectivity index (χ3n) is 3.24. The van der Waals surface area contributed by atoms with Gasteiger partial charge in [0.25, 0.3) is 0 Å². The summed E-state index contributed by atoms with van der Waals surface area (Å²) in [5.41, 5.74) is 0. The highest BCUT2D eigenvalue weighted by atomic mass is 35.5. The molecule has 11 heteroatoms. The normalized spacial score (nSPS) is 20.4. The van der Waals surface area contributed by atoms with E-state index in [0.29, 0.717) is 0 Å². The topological polar surface area (TPSA) is 95.9 Å². The summed E-state index contributed by atoms with van der Waals surface area (Å²) in [7, 11) is -3.80. The summed E-state index contributed by atoms with van der Waals surface area (Å²) in [5, 5.41) is 8.05. The number of nitrogens with zero attached hydrogens (tertiary/aromatic N) is 2. The van der Waals surface area contributed by atoms with Gasteiger partial charge in [-0.15, -0.1) is 5.10 Å². The van der Waals surface area contributed by atoms with Gasteiger partial charge in [-0.05, 0) is 25.1 Å². The largest absolute Gasteiger partial charge is 0.304 e. The minimum atomic E-state index is -3.80. The molecule has 25 heavy (non-hydrogen) atoms. The Balaban J connectivity index is 2.34. The lowest BCUT2D eigenvalue weighted by atomic mass is 10.3. The van der Waals surface area contributed by atoms with Crippen molar-refractivity contribution in [3.63, 3.8) is 0 Å². The summed E-state index contributed by atoms with van der Waals surface area (Å²) < 4.78 is 25.5. The number of halogens is 2. The lowest BCUT2D eigenvalue weighted by Gasteiger charge is -2.30. The average molecular weight is 424 g/mol. The maximum absolute atomic E-state index is 12.8. The summed E-state index contributed by atoms with van der Waals surface area (Å²) >= 11 is 12.7. The number of hydrazone groups is 1. The minimum absolute atomic E-state index is 0.0137. The number of thioether (sulfide) groups is 1. The zero-order valence-corrected chi connectivity index (χ0v) is 16.7. The number of carbonyl (C=O) groups excluding carboxylic acids is 2. The molecule has 2 rings (SSSR count). The van der Waals surface area contributed by atoms with Crippen LogP contribution in [0.2, 0.25) is 10.0 Å². The molecule has 136 valence electrons. The van der Waals surface area contributed by atoms with Crippen LogP contribution in [0.15, 0.2) is 28.2 Å². The Labute approximate surface area is 159 Å². The molecule has 1 N–H and O–H groups in total. The van der Waals surface area contributed by atoms with Crippen LogP contribution in [-0.2, 0) is 19.4 Å². The van der Waals surface area contributed by atoms with E-state index >= 15 is 0 Å². The zero-order chi connectivity index (χ0) is 19.0. The van der Waals surface area contributed by atoms with E-state index in [1.165, 1.54) is 32.0 Å². The van der Waals surface area contributed by atoms with Gasteiger partial charge in [-0.1, -0.05) is 35.0 Å². The first-order valence-corrected chi connectivity index (χ1v) is 10.2. The number of carbonyl (C=O) groups is 2. The smallest absolute Gasteiger partial charge is 0.240 e. The lowest BCUT2D eigenvalue weighted by molar-refractivity contribution is -0.131. The van der Waals surface area contributed by atoms with Gasteiger partial charge >= 0.3 is 0 Å². The molecule has 1 aliphatic rings. The van der Waals surface area contributed by atoms with Gasteiger partial charge in [0.2, 0.25) is 11.8 Å². The second-order valence-corrected chi connectivity index (χ2v) is 9.80. The zero-order valence-electron chi connectivity index (χ0n) is 13.5. The van der Waals surface area contributed by atoms with E-state index < -0.39 is 26.4 Å². The molecule has 1 aromatic carbocycles. The molecule has 0 saturated heterocycles. The molecule has 0 spiro atoms. The van der Waals surface area contributed by atoms with Gasteiger partial charge in [-0.2, -0.15) is 0 Å². The molecule has 0 unspecified atom stereocenters. The fourth-order valence-electron chi connectivity index (χ4n) is 2.27. The Bertz CT molecular complexity index is 873. The maximum Gasteiger partial charge on any atom is 0.240 e. The first kappa shape index (κ1) is 20.0. The van der Waals surface area contributed by atoms with E-state index in [2.05, 4.69) is 10.4 Å². The van der Waals surface area contributed by atoms with Crippen LogP contribution >= 0.6 is 35.0 Å². The van der Waals surface area contributed by atoms with Crippen LogP contribution in [0.5, 0.6) is 0 Å². The van der Waals surface area contributed by atoms with Crippen molar-refractivity contribution in [1.82, 2.24) is 10.3 Å². The average Bonchev–Trinajstić information content (AvgIpc) is 2.76. The van der Waals surface area contributed by atoms with Crippen LogP contribution in [0.25, 0.3) is 0 Å². The van der Waals surface area contributed by atoms with Gasteiger partial charge in [0.1, 0.15) is 4.87 Å². The Morgan fingerprint density at radius 1 is 1.28 bits per heavy atom. The Hall–Kier alpha value is -1.29. The molecule has 7 nitrogen and oxygen atoms in total. The third kappa shape index (κ3) is 4.46. The molecule has 0 aromatic heterocycles. The number of sulfone groups is 1. The summed E-state index contributed by atoms with van der Waals surface area (Å²) in [6.45, 7) is 4.13. The molecule has 0 fully saturated rings. The molecular weight excluding hydrogens is 409 g/mol. The van der Waals surface area contributed by atoms with Gasteiger partial charge in [-0.25, -0.2) is 13.4 Å². The van der Waals surface area contributed by atoms with Crippen LogP contribution in [0.4, 0.5) is 0 Å². The van der Waals surface area contributed by atoms with Crippen molar-refractivity contribution < 1.29 is 18.0 Å². The molecule has 0 saturated carbocycles. The summed E-state index contributed by atoms with van der Waals surface area (Å²) in [4.78, 5) is 21.9. The van der Waals surface area contributed by atoms with Gasteiger partial charge in [-0.3, -0.25) is 9.59 Å². The van der Waals surface area contributed by atoms with Crippen LogP contribution in [-0.4, -0.2) is 41.0 Å². The predicted octanol–water partition coefficient (Wildman–Crippen LogP) is 2.49. The Morgan fingerprint density at radius 2 is 1.92 bits per heavy atom. The van der Waals surface area contributed by atoms with Gasteiger partial charge in [0, 0.05) is 13.8 Å². The van der Waals surface area contributed by atoms with Crippen molar-refractivity contribution in [3.05, 3.63) is 28.2 Å². The molecule has 0 aliphatic carbocycles. The van der Waals surface area contributed by atoms with Gasteiger partial charge in [0.05, 0.1) is 20.7 Å². The standard InChI is InChI=1S/C14H15Cl2N3O4S2/c1-8(20)17-13-18-19(9(2)21)14(3,24-13)7-25(22,23)10-4-5-11(15)12(16)6-10/h4-6H,7H2,1-3H3,(H,17,18,20)/t14-/m1/s1. The second-order valence-electron chi connectivity index (χ2n) is 5.53. The number of nitrogens with one attached hydrogen (secondary N) is 1. The highest BCUT2D eigenvalue weighted by molar-refractivity contribution is 8.15. The lowest BCUT2D eigenvalue weighted by Crippen LogP contribution is -2.45. The SMILES string of the molecule is CC(=O)NC1=NN(C(C)=O)[C@@](C)(CS(=O)(=O)c2ccc(Cl)c(Cl)c2)S1. The molecule has 0 bridgehead atoms. The molecule has 1 atom stereocenters. The van der Waals surface area contributed by atoms with E-state index in [4.69, 9.17) is 23.2 Å². The fourth-order valence-corrected chi connectivity index (χ4v) is 5.89. The van der Waals surface area contributed by atoms with Crippen molar-refractivity contribution in [2.24, 2.45) is 5.10 Å². The number of hydrogen-bond acceptors (Lipinski definition) is 6. The number of hydrogen-bond donors (Lipinski definition) is 1. The number of rotatable bonds is 3. The molecule has 0 radical (unpaired) electrons. The van der Waals surface area contributed by atoms with Crippen molar-refractivity contribution in [2.75, 3.05) is 5.75 Å². The fraction of sp³-hybridized carbons (Fsp3) is 0.357. The summed E-state index contributed by atoms with van der Waals surface area (Å²) in [6, 6.07) is 4.00. The van der Waals surface area contributed by atoms with E-state index in [9.17, 15) is 18.0 Å². The Morgan fingerprint density at radius 3 is 2.44 bits per heavy atom. The summed E-state index contributed by atoms with van der Waals surface area (Å²) in [5.74, 6) is -1.24. The molecular formula is C14H15Cl2N3O4S2. The Kier molecular flexibility index (Phi) is 5.72. The van der Waals surface area contributed by atoms with Crippen molar-refractivity contribution in [2.45, 2.75) is 30.5 Å². The quantitative estimate of drug-likeness (QED) is 0.805. The predicted molar refractivity (Wildman–Crippen MR) is 98.3 cm³/mol. The van der Waals surface area contributed by atoms with Crippen molar-refractivity contribution in [3.8, 4) is 0 Å². The van der Waals surface area contributed by atoms with Crippen LogP contribution < -0.4 is 5.32 Å². The first-order chi connectivity index (χ1) is 11.4. The van der Waals surface area contributed by atoms with E-state index in [-0.39, 0.29) is 26.0 Å². The molecule has 1 aromatic rings. The first-order valence-electron chi connectivity index (χ1n) is 6.98. The molecule has 1 heterocycles. The number of benzene rings is 1. The molecule has 1 aliphatic heterocycles. The van der Waals surface area contributed by atoms with Crippen LogP contribution in [0, 0.1) is 0 Å². The van der Waals surface area contributed by atoms with Crippen molar-refractivity contribution in [1.29, 1.82) is 0 Å².